The third-order valence-corrected chi connectivity index (χ3v) is 6.68. The summed E-state index contributed by atoms with van der Waals surface area (Å²) in [6.45, 7) is 4.02. The summed E-state index contributed by atoms with van der Waals surface area (Å²) in [5, 5.41) is 4.19. The van der Waals surface area contributed by atoms with Crippen LogP contribution < -0.4 is 5.32 Å². The van der Waals surface area contributed by atoms with Crippen molar-refractivity contribution in [2.24, 2.45) is 0 Å². The number of benzene rings is 2. The molecule has 0 aliphatic rings. The molecule has 0 aliphatic carbocycles. The molecule has 1 unspecified atom stereocenters. The van der Waals surface area contributed by atoms with Gasteiger partial charge < -0.3 is 14.4 Å². The van der Waals surface area contributed by atoms with Crippen LogP contribution >= 0.6 is 42.4 Å². The maximum atomic E-state index is 13.4. The van der Waals surface area contributed by atoms with Crippen molar-refractivity contribution in [3.05, 3.63) is 63.1 Å². The van der Waals surface area contributed by atoms with E-state index in [9.17, 15) is 4.57 Å². The summed E-state index contributed by atoms with van der Waals surface area (Å²) in [6, 6.07) is 12.4. The Balaban J connectivity index is 2.49. The van der Waals surface area contributed by atoms with E-state index in [1.165, 1.54) is 6.07 Å². The van der Waals surface area contributed by atoms with E-state index in [-0.39, 0.29) is 13.2 Å². The molecule has 0 radical (unpaired) electrons. The van der Waals surface area contributed by atoms with Crippen LogP contribution in [0.4, 0.5) is 5.69 Å². The van der Waals surface area contributed by atoms with Gasteiger partial charge in [-0.3, -0.25) is 4.57 Å². The zero-order chi connectivity index (χ0) is 18.4. The summed E-state index contributed by atoms with van der Waals surface area (Å²) in [5.41, 5.74) is 1.24. The van der Waals surface area contributed by atoms with Gasteiger partial charge in [-0.1, -0.05) is 65.1 Å². The lowest BCUT2D eigenvalue weighted by atomic mass is 10.2. The topological polar surface area (TPSA) is 47.6 Å². The van der Waals surface area contributed by atoms with Crippen LogP contribution in [0.5, 0.6) is 0 Å². The Morgan fingerprint density at radius 2 is 1.52 bits per heavy atom. The Labute approximate surface area is 162 Å². The molecule has 2 aromatic carbocycles. The molecule has 0 fully saturated rings. The Bertz CT molecular complexity index is 748. The number of hydrogen-bond acceptors (Lipinski definition) is 4. The standard InChI is InChI=1S/C17H19Cl3NO3P/c1-3-23-25(22,24-4-2)17(12-8-6-5-7-9-12)21-16-11-14(19)13(18)10-15(16)20/h5-11,17,21H,3-4H2,1-2H3. The van der Waals surface area contributed by atoms with Crippen LogP contribution in [0.3, 0.4) is 0 Å². The first-order valence-electron chi connectivity index (χ1n) is 7.76. The van der Waals surface area contributed by atoms with Crippen molar-refractivity contribution in [1.29, 1.82) is 0 Å². The van der Waals surface area contributed by atoms with Crippen molar-refractivity contribution >= 4 is 48.1 Å². The van der Waals surface area contributed by atoms with Crippen LogP contribution in [-0.2, 0) is 13.6 Å². The number of hydrogen-bond donors (Lipinski definition) is 1. The smallest absolute Gasteiger partial charge is 0.357 e. The fourth-order valence-electron chi connectivity index (χ4n) is 2.31. The highest BCUT2D eigenvalue weighted by molar-refractivity contribution is 7.54. The van der Waals surface area contributed by atoms with Crippen LogP contribution in [0.1, 0.15) is 25.2 Å². The Hall–Kier alpha value is -0.740. The molecule has 2 rings (SSSR count). The van der Waals surface area contributed by atoms with Crippen molar-refractivity contribution < 1.29 is 13.6 Å². The highest BCUT2D eigenvalue weighted by Gasteiger charge is 2.37. The predicted molar refractivity (Wildman–Crippen MR) is 105 cm³/mol. The summed E-state index contributed by atoms with van der Waals surface area (Å²) in [4.78, 5) is 0. The molecule has 0 bridgehead atoms. The average Bonchev–Trinajstić information content (AvgIpc) is 2.58. The molecular formula is C17H19Cl3NO3P. The van der Waals surface area contributed by atoms with Crippen molar-refractivity contribution in [2.75, 3.05) is 18.5 Å². The summed E-state index contributed by atoms with van der Waals surface area (Å²) >= 11 is 18.3. The van der Waals surface area contributed by atoms with Gasteiger partial charge in [-0.25, -0.2) is 0 Å². The van der Waals surface area contributed by atoms with Gasteiger partial charge in [0, 0.05) is 0 Å². The molecule has 8 heteroatoms. The first-order valence-corrected chi connectivity index (χ1v) is 10.5. The van der Waals surface area contributed by atoms with Gasteiger partial charge in [0.2, 0.25) is 0 Å². The zero-order valence-electron chi connectivity index (χ0n) is 13.8. The van der Waals surface area contributed by atoms with Gasteiger partial charge in [-0.15, -0.1) is 0 Å². The van der Waals surface area contributed by atoms with Crippen LogP contribution in [-0.4, -0.2) is 13.2 Å². The van der Waals surface area contributed by atoms with Gasteiger partial charge in [0.1, 0.15) is 0 Å². The molecule has 0 saturated heterocycles. The molecular weight excluding hydrogens is 404 g/mol. The quantitative estimate of drug-likeness (QED) is 0.366. The Morgan fingerprint density at radius 1 is 0.960 bits per heavy atom. The zero-order valence-corrected chi connectivity index (χ0v) is 17.0. The molecule has 4 nitrogen and oxygen atoms in total. The van der Waals surface area contributed by atoms with Crippen LogP contribution in [0.15, 0.2) is 42.5 Å². The number of nitrogens with one attached hydrogen (secondary N) is 1. The summed E-state index contributed by atoms with van der Waals surface area (Å²) in [7, 11) is -3.51. The predicted octanol–water partition coefficient (Wildman–Crippen LogP) is 7.02. The van der Waals surface area contributed by atoms with Gasteiger partial charge in [0.05, 0.1) is 34.0 Å². The molecule has 136 valence electrons. The van der Waals surface area contributed by atoms with Crippen molar-refractivity contribution in [3.63, 3.8) is 0 Å². The minimum atomic E-state index is -3.51. The first kappa shape index (κ1) is 20.6. The van der Waals surface area contributed by atoms with E-state index in [4.69, 9.17) is 43.9 Å². The lowest BCUT2D eigenvalue weighted by Gasteiger charge is -2.28. The van der Waals surface area contributed by atoms with Crippen molar-refractivity contribution in [1.82, 2.24) is 0 Å². The van der Waals surface area contributed by atoms with Crippen molar-refractivity contribution in [2.45, 2.75) is 19.6 Å². The molecule has 0 heterocycles. The molecule has 25 heavy (non-hydrogen) atoms. The van der Waals surface area contributed by atoms with Crippen LogP contribution in [0, 0.1) is 0 Å². The van der Waals surface area contributed by atoms with Crippen molar-refractivity contribution in [3.8, 4) is 0 Å². The molecule has 0 aliphatic heterocycles. The fourth-order valence-corrected chi connectivity index (χ4v) is 4.84. The van der Waals surface area contributed by atoms with Gasteiger partial charge in [-0.05, 0) is 31.5 Å². The Kier molecular flexibility index (Phi) is 7.63. The normalized spacial score (nSPS) is 12.8. The van der Waals surface area contributed by atoms with Gasteiger partial charge in [-0.2, -0.15) is 0 Å². The lowest BCUT2D eigenvalue weighted by molar-refractivity contribution is 0.214. The largest absolute Gasteiger partial charge is 0.367 e. The number of halogens is 3. The average molecular weight is 423 g/mol. The number of rotatable bonds is 8. The highest BCUT2D eigenvalue weighted by Crippen LogP contribution is 2.61. The Morgan fingerprint density at radius 3 is 2.08 bits per heavy atom. The fraction of sp³-hybridized carbons (Fsp3) is 0.294. The monoisotopic (exact) mass is 421 g/mol. The van der Waals surface area contributed by atoms with Gasteiger partial charge in [0.15, 0.2) is 5.78 Å². The van der Waals surface area contributed by atoms with Crippen LogP contribution in [0.25, 0.3) is 0 Å². The second-order valence-corrected chi connectivity index (χ2v) is 8.41. The van der Waals surface area contributed by atoms with Crippen LogP contribution in [0.2, 0.25) is 15.1 Å². The van der Waals surface area contributed by atoms with E-state index in [1.807, 2.05) is 30.3 Å². The molecule has 0 saturated carbocycles. The summed E-state index contributed by atoms with van der Waals surface area (Å²) in [5.74, 6) is -0.747. The second-order valence-electron chi connectivity index (χ2n) is 5.08. The van der Waals surface area contributed by atoms with Gasteiger partial charge in [0.25, 0.3) is 0 Å². The molecule has 0 amide bonds. The number of anilines is 1. The maximum absolute atomic E-state index is 13.4. The van der Waals surface area contributed by atoms with E-state index in [0.29, 0.717) is 20.8 Å². The molecule has 1 N–H and O–H groups in total. The third kappa shape index (κ3) is 5.13. The summed E-state index contributed by atoms with van der Waals surface area (Å²) < 4.78 is 24.4. The maximum Gasteiger partial charge on any atom is 0.357 e. The molecule has 0 aromatic heterocycles. The minimum absolute atomic E-state index is 0.247. The molecule has 2 aromatic rings. The highest BCUT2D eigenvalue weighted by atomic mass is 35.5. The van der Waals surface area contributed by atoms with E-state index in [2.05, 4.69) is 5.32 Å². The van der Waals surface area contributed by atoms with E-state index >= 15 is 0 Å². The van der Waals surface area contributed by atoms with E-state index < -0.39 is 13.4 Å². The summed E-state index contributed by atoms with van der Waals surface area (Å²) in [6.07, 6.45) is 0. The lowest BCUT2D eigenvalue weighted by Crippen LogP contribution is -2.15. The molecule has 1 atom stereocenters. The third-order valence-electron chi connectivity index (χ3n) is 3.35. The molecule has 0 spiro atoms. The second kappa shape index (κ2) is 9.27. The first-order chi connectivity index (χ1) is 11.9. The van der Waals surface area contributed by atoms with E-state index in [0.717, 1.165) is 5.56 Å². The SMILES string of the molecule is CCOP(=O)(OCC)C(Nc1cc(Cl)c(Cl)cc1Cl)c1ccccc1. The minimum Gasteiger partial charge on any atom is -0.367 e. The van der Waals surface area contributed by atoms with Gasteiger partial charge >= 0.3 is 7.60 Å². The van der Waals surface area contributed by atoms with E-state index in [1.54, 1.807) is 19.9 Å².